The Balaban J connectivity index is 1.61. The first kappa shape index (κ1) is 18.6. The fourth-order valence-electron chi connectivity index (χ4n) is 5.03. The molecule has 0 atom stereocenters. The third-order valence-electron chi connectivity index (χ3n) is 6.82. The smallest absolute Gasteiger partial charge is 0.162 e. The highest BCUT2D eigenvalue weighted by molar-refractivity contribution is 5.30. The van der Waals surface area contributed by atoms with Gasteiger partial charge in [-0.3, -0.25) is 0 Å². The quantitative estimate of drug-likeness (QED) is 0.506. The second-order valence-corrected chi connectivity index (χ2v) is 9.05. The molecule has 1 aromatic rings. The van der Waals surface area contributed by atoms with E-state index in [9.17, 15) is 8.78 Å². The van der Waals surface area contributed by atoms with Crippen LogP contribution >= 0.6 is 0 Å². The van der Waals surface area contributed by atoms with Crippen molar-refractivity contribution in [1.82, 2.24) is 0 Å². The van der Waals surface area contributed by atoms with Gasteiger partial charge in [-0.25, -0.2) is 8.78 Å². The first-order valence-electron chi connectivity index (χ1n) is 9.99. The zero-order valence-electron chi connectivity index (χ0n) is 15.8. The number of halogens is 2. The molecule has 0 amide bonds. The molecule has 2 aliphatic carbocycles. The van der Waals surface area contributed by atoms with E-state index in [1.807, 2.05) is 6.07 Å². The fourth-order valence-corrected chi connectivity index (χ4v) is 5.03. The zero-order chi connectivity index (χ0) is 18.0. The van der Waals surface area contributed by atoms with E-state index in [2.05, 4.69) is 20.4 Å². The summed E-state index contributed by atoms with van der Waals surface area (Å²) in [4.78, 5) is 0. The summed E-state index contributed by atoms with van der Waals surface area (Å²) in [6, 6.07) is 3.55. The lowest BCUT2D eigenvalue weighted by Crippen LogP contribution is -2.28. The highest BCUT2D eigenvalue weighted by atomic mass is 19.2. The number of rotatable bonds is 4. The molecule has 0 unspecified atom stereocenters. The summed E-state index contributed by atoms with van der Waals surface area (Å²) >= 11 is 0. The van der Waals surface area contributed by atoms with Crippen LogP contribution < -0.4 is 0 Å². The van der Waals surface area contributed by atoms with E-state index < -0.39 is 11.6 Å². The minimum absolute atomic E-state index is 0.184. The molecule has 0 spiro atoms. The number of benzene rings is 1. The number of hydrogen-bond acceptors (Lipinski definition) is 0. The Hall–Kier alpha value is -1.18. The Morgan fingerprint density at radius 2 is 1.56 bits per heavy atom. The molecule has 0 bridgehead atoms. The van der Waals surface area contributed by atoms with Crippen molar-refractivity contribution in [3.05, 3.63) is 47.5 Å². The minimum Gasteiger partial charge on any atom is -0.203 e. The van der Waals surface area contributed by atoms with Gasteiger partial charge in [0.15, 0.2) is 11.6 Å². The van der Waals surface area contributed by atoms with Gasteiger partial charge in [-0.15, -0.1) is 6.58 Å². The number of allylic oxidation sites excluding steroid dienone is 1. The van der Waals surface area contributed by atoms with Crippen molar-refractivity contribution in [2.75, 3.05) is 0 Å². The Kier molecular flexibility index (Phi) is 5.65. The predicted octanol–water partition coefficient (Wildman–Crippen LogP) is 7.18. The van der Waals surface area contributed by atoms with Crippen LogP contribution in [0, 0.1) is 28.9 Å². The largest absolute Gasteiger partial charge is 0.203 e. The molecule has 0 heterocycles. The summed E-state index contributed by atoms with van der Waals surface area (Å²) in [6.45, 7) is 8.38. The molecule has 2 saturated carbocycles. The third kappa shape index (κ3) is 4.15. The molecular formula is C23H32F2. The van der Waals surface area contributed by atoms with Crippen LogP contribution in [0.2, 0.25) is 0 Å². The van der Waals surface area contributed by atoms with Crippen LogP contribution in [0.1, 0.15) is 82.3 Å². The lowest BCUT2D eigenvalue weighted by atomic mass is 9.65. The van der Waals surface area contributed by atoms with E-state index in [1.165, 1.54) is 38.5 Å². The molecule has 0 aromatic heterocycles. The van der Waals surface area contributed by atoms with Crippen LogP contribution in [0.3, 0.4) is 0 Å². The maximum atomic E-state index is 14.5. The van der Waals surface area contributed by atoms with E-state index in [1.54, 1.807) is 12.1 Å². The van der Waals surface area contributed by atoms with Gasteiger partial charge < -0.3 is 0 Å². The predicted molar refractivity (Wildman–Crippen MR) is 101 cm³/mol. The highest BCUT2D eigenvalue weighted by Gasteiger charge is 2.34. The lowest BCUT2D eigenvalue weighted by Gasteiger charge is -2.40. The monoisotopic (exact) mass is 346 g/mol. The van der Waals surface area contributed by atoms with Crippen molar-refractivity contribution in [1.29, 1.82) is 0 Å². The normalized spacial score (nSPS) is 27.2. The second-order valence-electron chi connectivity index (χ2n) is 9.05. The van der Waals surface area contributed by atoms with Crippen molar-refractivity contribution < 1.29 is 8.78 Å². The first-order valence-corrected chi connectivity index (χ1v) is 9.99. The number of hydrogen-bond donors (Lipinski definition) is 0. The van der Waals surface area contributed by atoms with Crippen LogP contribution in [-0.2, 0) is 6.42 Å². The summed E-state index contributed by atoms with van der Waals surface area (Å²) in [7, 11) is 0. The topological polar surface area (TPSA) is 0 Å². The molecule has 0 saturated heterocycles. The molecule has 0 radical (unpaired) electrons. The summed E-state index contributed by atoms with van der Waals surface area (Å²) in [5.74, 6) is 0.533. The van der Waals surface area contributed by atoms with Crippen LogP contribution in [-0.4, -0.2) is 0 Å². The van der Waals surface area contributed by atoms with Crippen LogP contribution in [0.25, 0.3) is 0 Å². The lowest BCUT2D eigenvalue weighted by molar-refractivity contribution is 0.122. The first-order chi connectivity index (χ1) is 11.9. The zero-order valence-corrected chi connectivity index (χ0v) is 15.8. The van der Waals surface area contributed by atoms with Crippen molar-refractivity contribution in [2.24, 2.45) is 17.3 Å². The molecule has 0 aliphatic heterocycles. The Labute approximate surface area is 151 Å². The Bertz CT molecular complexity index is 599. The van der Waals surface area contributed by atoms with Gasteiger partial charge in [0, 0.05) is 0 Å². The van der Waals surface area contributed by atoms with Gasteiger partial charge in [0.25, 0.3) is 0 Å². The maximum absolute atomic E-state index is 14.5. The molecule has 0 N–H and O–H groups in total. The molecule has 1 aromatic carbocycles. The Morgan fingerprint density at radius 1 is 0.960 bits per heavy atom. The SMILES string of the molecule is C=CCc1ccc(C2CCC(C3CCC(C)(C)CC3)CC2)c(F)c1F. The average molecular weight is 347 g/mol. The van der Waals surface area contributed by atoms with E-state index in [0.717, 1.165) is 24.7 Å². The maximum Gasteiger partial charge on any atom is 0.162 e. The molecule has 138 valence electrons. The van der Waals surface area contributed by atoms with E-state index >= 15 is 0 Å². The summed E-state index contributed by atoms with van der Waals surface area (Å²) < 4.78 is 28.7. The summed E-state index contributed by atoms with van der Waals surface area (Å²) in [5, 5.41) is 0. The summed E-state index contributed by atoms with van der Waals surface area (Å²) in [5.41, 5.74) is 1.52. The van der Waals surface area contributed by atoms with Crippen molar-refractivity contribution in [2.45, 2.75) is 77.6 Å². The van der Waals surface area contributed by atoms with Gasteiger partial charge in [-0.05, 0) is 92.1 Å². The van der Waals surface area contributed by atoms with E-state index in [0.29, 0.717) is 23.0 Å². The molecular weight excluding hydrogens is 314 g/mol. The molecule has 3 rings (SSSR count). The van der Waals surface area contributed by atoms with Crippen LogP contribution in [0.15, 0.2) is 24.8 Å². The fraction of sp³-hybridized carbons (Fsp3) is 0.652. The van der Waals surface area contributed by atoms with Gasteiger partial charge in [-0.2, -0.15) is 0 Å². The average Bonchev–Trinajstić information content (AvgIpc) is 2.60. The highest BCUT2D eigenvalue weighted by Crippen LogP contribution is 2.47. The Morgan fingerprint density at radius 3 is 2.16 bits per heavy atom. The second kappa shape index (κ2) is 7.60. The van der Waals surface area contributed by atoms with E-state index in [-0.39, 0.29) is 5.92 Å². The van der Waals surface area contributed by atoms with Crippen molar-refractivity contribution in [3.63, 3.8) is 0 Å². The molecule has 2 fully saturated rings. The van der Waals surface area contributed by atoms with Gasteiger partial charge >= 0.3 is 0 Å². The third-order valence-corrected chi connectivity index (χ3v) is 6.82. The van der Waals surface area contributed by atoms with Gasteiger partial charge in [0.05, 0.1) is 0 Å². The van der Waals surface area contributed by atoms with Gasteiger partial charge in [0.2, 0.25) is 0 Å². The van der Waals surface area contributed by atoms with Crippen molar-refractivity contribution >= 4 is 0 Å². The molecule has 2 aliphatic rings. The molecule has 0 nitrogen and oxygen atoms in total. The van der Waals surface area contributed by atoms with Gasteiger partial charge in [0.1, 0.15) is 0 Å². The van der Waals surface area contributed by atoms with Crippen LogP contribution in [0.5, 0.6) is 0 Å². The molecule has 25 heavy (non-hydrogen) atoms. The standard InChI is InChI=1S/C23H32F2/c1-4-5-19-10-11-20(22(25)21(19)24)18-8-6-16(7-9-18)17-12-14-23(2,3)15-13-17/h4,10-11,16-18H,1,5-9,12-15H2,2-3H3. The minimum atomic E-state index is -0.672. The van der Waals surface area contributed by atoms with E-state index in [4.69, 9.17) is 0 Å². The molecule has 2 heteroatoms. The van der Waals surface area contributed by atoms with Gasteiger partial charge in [-0.1, -0.05) is 32.1 Å². The summed E-state index contributed by atoms with van der Waals surface area (Å²) in [6.07, 6.45) is 11.7. The van der Waals surface area contributed by atoms with Crippen LogP contribution in [0.4, 0.5) is 8.78 Å². The van der Waals surface area contributed by atoms with Crippen molar-refractivity contribution in [3.8, 4) is 0 Å².